The zero-order valence-electron chi connectivity index (χ0n) is 13.3. The van der Waals surface area contributed by atoms with Crippen molar-refractivity contribution >= 4 is 11.7 Å². The van der Waals surface area contributed by atoms with E-state index in [1.807, 2.05) is 32.0 Å². The molecule has 0 saturated heterocycles. The molecule has 0 amide bonds. The lowest BCUT2D eigenvalue weighted by atomic mass is 9.90. The molecule has 0 aliphatic carbocycles. The van der Waals surface area contributed by atoms with Crippen molar-refractivity contribution in [2.75, 3.05) is 18.1 Å². The number of aliphatic hydroxyl groups excluding tert-OH is 2. The molecule has 1 aliphatic rings. The van der Waals surface area contributed by atoms with E-state index in [2.05, 4.69) is 0 Å². The first-order valence-corrected chi connectivity index (χ1v) is 7.63. The molecule has 22 heavy (non-hydrogen) atoms. The van der Waals surface area contributed by atoms with E-state index in [4.69, 9.17) is 4.74 Å². The molecule has 0 spiro atoms. The first-order valence-electron chi connectivity index (χ1n) is 7.63. The van der Waals surface area contributed by atoms with Gasteiger partial charge in [-0.2, -0.15) is 0 Å². The smallest absolute Gasteiger partial charge is 0.310 e. The van der Waals surface area contributed by atoms with Crippen molar-refractivity contribution in [2.45, 2.75) is 39.7 Å². The van der Waals surface area contributed by atoms with Gasteiger partial charge in [0.15, 0.2) is 5.88 Å². The molecular weight excluding hydrogens is 282 g/mol. The normalized spacial score (nSPS) is 17.5. The summed E-state index contributed by atoms with van der Waals surface area (Å²) < 4.78 is 4.94. The summed E-state index contributed by atoms with van der Waals surface area (Å²) >= 11 is 0. The van der Waals surface area contributed by atoms with Gasteiger partial charge in [0, 0.05) is 17.7 Å². The number of carbonyl (C=O) groups excluding carboxylic acids is 1. The van der Waals surface area contributed by atoms with Crippen LogP contribution in [0.5, 0.6) is 0 Å². The van der Waals surface area contributed by atoms with Crippen LogP contribution in [0.1, 0.15) is 43.9 Å². The first-order chi connectivity index (χ1) is 10.5. The molecule has 0 fully saturated rings. The van der Waals surface area contributed by atoms with Gasteiger partial charge in [-0.25, -0.2) is 0 Å². The highest BCUT2D eigenvalue weighted by Gasteiger charge is 2.33. The van der Waals surface area contributed by atoms with Crippen molar-refractivity contribution in [1.82, 2.24) is 0 Å². The SMILES string of the molecule is CCCN1C(O)=C(CC(=O)OCC)C(O)c2c(C)cccc21. The Kier molecular flexibility index (Phi) is 5.08. The minimum atomic E-state index is -0.992. The molecule has 0 aromatic heterocycles. The molecule has 1 aliphatic heterocycles. The average Bonchev–Trinajstić information content (AvgIpc) is 2.48. The third-order valence-corrected chi connectivity index (χ3v) is 3.83. The topological polar surface area (TPSA) is 70.0 Å². The summed E-state index contributed by atoms with van der Waals surface area (Å²) in [6.45, 7) is 6.54. The third-order valence-electron chi connectivity index (χ3n) is 3.83. The quantitative estimate of drug-likeness (QED) is 0.818. The van der Waals surface area contributed by atoms with Crippen molar-refractivity contribution in [3.8, 4) is 0 Å². The van der Waals surface area contributed by atoms with Crippen molar-refractivity contribution in [3.63, 3.8) is 0 Å². The van der Waals surface area contributed by atoms with E-state index in [9.17, 15) is 15.0 Å². The molecule has 0 bridgehead atoms. The van der Waals surface area contributed by atoms with Gasteiger partial charge in [0.2, 0.25) is 0 Å². The molecule has 1 aromatic carbocycles. The van der Waals surface area contributed by atoms with Crippen molar-refractivity contribution in [2.24, 2.45) is 0 Å². The van der Waals surface area contributed by atoms with Gasteiger partial charge in [-0.1, -0.05) is 19.1 Å². The van der Waals surface area contributed by atoms with Gasteiger partial charge in [0.1, 0.15) is 6.10 Å². The molecule has 2 N–H and O–H groups in total. The lowest BCUT2D eigenvalue weighted by Crippen LogP contribution is -2.32. The summed E-state index contributed by atoms with van der Waals surface area (Å²) in [5, 5.41) is 21.1. The van der Waals surface area contributed by atoms with Gasteiger partial charge in [-0.3, -0.25) is 4.79 Å². The molecule has 1 atom stereocenters. The number of nitrogens with zero attached hydrogens (tertiary/aromatic N) is 1. The Balaban J connectivity index is 2.46. The Morgan fingerprint density at radius 2 is 2.09 bits per heavy atom. The number of fused-ring (bicyclic) bond motifs is 1. The number of benzene rings is 1. The largest absolute Gasteiger partial charge is 0.494 e. The zero-order chi connectivity index (χ0) is 16.3. The standard InChI is InChI=1S/C17H23NO4/c1-4-9-18-13-8-6-7-11(3)15(13)16(20)12(17(18)21)10-14(19)22-5-2/h6-8,16,20-21H,4-5,9-10H2,1-3H3. The highest BCUT2D eigenvalue weighted by molar-refractivity contribution is 5.75. The second-order valence-electron chi connectivity index (χ2n) is 5.39. The van der Waals surface area contributed by atoms with E-state index in [0.29, 0.717) is 12.1 Å². The molecule has 120 valence electrons. The zero-order valence-corrected chi connectivity index (χ0v) is 13.3. The van der Waals surface area contributed by atoms with Crippen LogP contribution in [-0.4, -0.2) is 29.3 Å². The maximum absolute atomic E-state index is 11.8. The van der Waals surface area contributed by atoms with Crippen LogP contribution in [-0.2, 0) is 9.53 Å². The molecule has 0 saturated carbocycles. The average molecular weight is 305 g/mol. The summed E-state index contributed by atoms with van der Waals surface area (Å²) in [7, 11) is 0. The second kappa shape index (κ2) is 6.83. The number of aliphatic hydroxyl groups is 2. The van der Waals surface area contributed by atoms with Gasteiger partial charge >= 0.3 is 5.97 Å². The van der Waals surface area contributed by atoms with Gasteiger partial charge < -0.3 is 19.8 Å². The Bertz CT molecular complexity index is 594. The number of ether oxygens (including phenoxy) is 1. The number of hydrogen-bond donors (Lipinski definition) is 2. The van der Waals surface area contributed by atoms with E-state index in [-0.39, 0.29) is 18.9 Å². The molecule has 1 aromatic rings. The maximum Gasteiger partial charge on any atom is 0.310 e. The van der Waals surface area contributed by atoms with Crippen molar-refractivity contribution < 1.29 is 19.7 Å². The van der Waals surface area contributed by atoms with Gasteiger partial charge in [0.25, 0.3) is 0 Å². The van der Waals surface area contributed by atoms with Crippen LogP contribution in [0.3, 0.4) is 0 Å². The number of aryl methyl sites for hydroxylation is 1. The number of rotatable bonds is 5. The van der Waals surface area contributed by atoms with Crippen molar-refractivity contribution in [1.29, 1.82) is 0 Å². The van der Waals surface area contributed by atoms with Gasteiger partial charge in [0.05, 0.1) is 18.7 Å². The number of esters is 1. The summed E-state index contributed by atoms with van der Waals surface area (Å²) in [6.07, 6.45) is -0.275. The Labute approximate surface area is 130 Å². The molecule has 5 heteroatoms. The lowest BCUT2D eigenvalue weighted by Gasteiger charge is -2.35. The fraction of sp³-hybridized carbons (Fsp3) is 0.471. The third kappa shape index (κ3) is 2.95. The van der Waals surface area contributed by atoms with E-state index in [0.717, 1.165) is 23.2 Å². The van der Waals surface area contributed by atoms with Crippen LogP contribution in [0.25, 0.3) is 0 Å². The summed E-state index contributed by atoms with van der Waals surface area (Å²) in [5.41, 5.74) is 2.76. The predicted molar refractivity (Wildman–Crippen MR) is 84.7 cm³/mol. The van der Waals surface area contributed by atoms with Crippen LogP contribution in [0, 0.1) is 6.92 Å². The summed E-state index contributed by atoms with van der Waals surface area (Å²) in [5.74, 6) is -0.489. The Morgan fingerprint density at radius 1 is 1.36 bits per heavy atom. The number of hydrogen-bond acceptors (Lipinski definition) is 5. The molecule has 2 rings (SSSR count). The minimum absolute atomic E-state index is 0.0412. The van der Waals surface area contributed by atoms with E-state index in [1.165, 1.54) is 0 Å². The van der Waals surface area contributed by atoms with E-state index >= 15 is 0 Å². The lowest BCUT2D eigenvalue weighted by molar-refractivity contribution is -0.142. The minimum Gasteiger partial charge on any atom is -0.494 e. The molecule has 5 nitrogen and oxygen atoms in total. The Morgan fingerprint density at radius 3 is 2.73 bits per heavy atom. The first kappa shape index (κ1) is 16.4. The van der Waals surface area contributed by atoms with Gasteiger partial charge in [-0.05, 0) is 31.9 Å². The number of carbonyl (C=O) groups is 1. The van der Waals surface area contributed by atoms with E-state index in [1.54, 1.807) is 11.8 Å². The predicted octanol–water partition coefficient (Wildman–Crippen LogP) is 2.98. The molecule has 1 heterocycles. The van der Waals surface area contributed by atoms with Crippen LogP contribution in [0.15, 0.2) is 29.7 Å². The highest BCUT2D eigenvalue weighted by Crippen LogP contribution is 2.42. The van der Waals surface area contributed by atoms with Crippen LogP contribution >= 0.6 is 0 Å². The fourth-order valence-electron chi connectivity index (χ4n) is 2.83. The summed E-state index contributed by atoms with van der Waals surface area (Å²) in [6, 6.07) is 5.68. The molecular formula is C17H23NO4. The van der Waals surface area contributed by atoms with Crippen LogP contribution in [0.4, 0.5) is 5.69 Å². The maximum atomic E-state index is 11.8. The number of anilines is 1. The van der Waals surface area contributed by atoms with Gasteiger partial charge in [-0.15, -0.1) is 0 Å². The van der Waals surface area contributed by atoms with Crippen LogP contribution in [0.2, 0.25) is 0 Å². The molecule has 1 unspecified atom stereocenters. The highest BCUT2D eigenvalue weighted by atomic mass is 16.5. The van der Waals surface area contributed by atoms with Crippen LogP contribution < -0.4 is 4.90 Å². The Hall–Kier alpha value is -2.01. The van der Waals surface area contributed by atoms with Crippen molar-refractivity contribution in [3.05, 3.63) is 40.8 Å². The summed E-state index contributed by atoms with van der Waals surface area (Å²) in [4.78, 5) is 13.5. The fourth-order valence-corrected chi connectivity index (χ4v) is 2.83. The monoisotopic (exact) mass is 305 g/mol. The molecule has 0 radical (unpaired) electrons. The van der Waals surface area contributed by atoms with E-state index < -0.39 is 12.1 Å². The second-order valence-corrected chi connectivity index (χ2v) is 5.39.